The van der Waals surface area contributed by atoms with E-state index in [0.717, 1.165) is 16.6 Å². The molecule has 0 fully saturated rings. The maximum atomic E-state index is 12.5. The summed E-state index contributed by atoms with van der Waals surface area (Å²) in [6.07, 6.45) is 0.283. The third-order valence-electron chi connectivity index (χ3n) is 3.70. The summed E-state index contributed by atoms with van der Waals surface area (Å²) in [6.45, 7) is 5.62. The number of nitrogens with two attached hydrogens (primary N) is 1. The van der Waals surface area contributed by atoms with Gasteiger partial charge in [-0.3, -0.25) is 4.79 Å². The highest BCUT2D eigenvalue weighted by molar-refractivity contribution is 7.21. The van der Waals surface area contributed by atoms with Crippen LogP contribution in [0.15, 0.2) is 0 Å². The van der Waals surface area contributed by atoms with Crippen LogP contribution in [0.25, 0.3) is 10.2 Å². The van der Waals surface area contributed by atoms with Crippen LogP contribution in [0.1, 0.15) is 34.3 Å². The fraction of sp³-hybridized carbons (Fsp3) is 0.429. The van der Waals surface area contributed by atoms with Gasteiger partial charge in [0.2, 0.25) is 0 Å². The fourth-order valence-corrected chi connectivity index (χ4v) is 3.11. The largest absolute Gasteiger partial charge is 0.397 e. The van der Waals surface area contributed by atoms with E-state index < -0.39 is 0 Å². The Bertz CT molecular complexity index is 746. The third-order valence-corrected chi connectivity index (χ3v) is 4.78. The highest BCUT2D eigenvalue weighted by atomic mass is 32.1. The van der Waals surface area contributed by atoms with Gasteiger partial charge in [-0.1, -0.05) is 0 Å². The summed E-state index contributed by atoms with van der Waals surface area (Å²) in [5.41, 5.74) is 8.35. The average molecular weight is 303 g/mol. The molecule has 1 unspecified atom stereocenters. The van der Waals surface area contributed by atoms with Crippen LogP contribution in [-0.2, 0) is 0 Å². The summed E-state index contributed by atoms with van der Waals surface area (Å²) in [5.74, 6) is -0.185. The monoisotopic (exact) mass is 303 g/mol. The molecule has 21 heavy (non-hydrogen) atoms. The normalized spacial score (nSPS) is 12.1. The van der Waals surface area contributed by atoms with Crippen LogP contribution < -0.4 is 5.73 Å². The molecular weight excluding hydrogens is 286 g/mol. The van der Waals surface area contributed by atoms with E-state index in [1.165, 1.54) is 11.3 Å². The van der Waals surface area contributed by atoms with E-state index in [9.17, 15) is 4.79 Å². The van der Waals surface area contributed by atoms with Crippen LogP contribution in [-0.4, -0.2) is 34.1 Å². The highest BCUT2D eigenvalue weighted by Crippen LogP contribution is 2.35. The van der Waals surface area contributed by atoms with Crippen LogP contribution in [0.3, 0.4) is 0 Å². The third kappa shape index (κ3) is 2.54. The predicted octanol–water partition coefficient (Wildman–Crippen LogP) is 2.26. The number of thiophene rings is 1. The van der Waals surface area contributed by atoms with Crippen molar-refractivity contribution < 1.29 is 4.79 Å². The Morgan fingerprint density at radius 3 is 2.76 bits per heavy atom. The molecule has 0 bridgehead atoms. The Balaban J connectivity index is 2.48. The van der Waals surface area contributed by atoms with E-state index in [2.05, 4.69) is 16.3 Å². The van der Waals surface area contributed by atoms with Crippen molar-refractivity contribution in [1.29, 1.82) is 5.26 Å². The first-order chi connectivity index (χ1) is 9.88. The Morgan fingerprint density at radius 2 is 2.14 bits per heavy atom. The first-order valence-corrected chi connectivity index (χ1v) is 7.36. The minimum absolute atomic E-state index is 0.166. The standard InChI is InChI=1S/C14H17N5OS/c1-7(5-6-15)19(4)14(20)12-11(16)10-8(2)9(3)17-18-13(10)21-12/h7H,5,16H2,1-4H3. The fourth-order valence-electron chi connectivity index (χ4n) is 2.03. The predicted molar refractivity (Wildman–Crippen MR) is 83.1 cm³/mol. The number of nitriles is 1. The highest BCUT2D eigenvalue weighted by Gasteiger charge is 2.24. The van der Waals surface area contributed by atoms with Gasteiger partial charge in [0, 0.05) is 18.5 Å². The summed E-state index contributed by atoms with van der Waals surface area (Å²) >= 11 is 1.25. The van der Waals surface area contributed by atoms with Gasteiger partial charge in [0.15, 0.2) is 0 Å². The molecule has 2 heterocycles. The van der Waals surface area contributed by atoms with Crippen molar-refractivity contribution >= 4 is 33.1 Å². The zero-order valence-corrected chi connectivity index (χ0v) is 13.3. The van der Waals surface area contributed by atoms with Crippen molar-refractivity contribution in [3.05, 3.63) is 16.1 Å². The van der Waals surface area contributed by atoms with Crippen molar-refractivity contribution in [2.24, 2.45) is 0 Å². The van der Waals surface area contributed by atoms with Crippen LogP contribution >= 0.6 is 11.3 Å². The summed E-state index contributed by atoms with van der Waals surface area (Å²) in [5, 5.41) is 17.7. The molecule has 0 aliphatic rings. The van der Waals surface area contributed by atoms with Gasteiger partial charge < -0.3 is 10.6 Å². The molecule has 0 saturated heterocycles. The van der Waals surface area contributed by atoms with E-state index in [-0.39, 0.29) is 18.4 Å². The minimum atomic E-state index is -0.185. The van der Waals surface area contributed by atoms with Gasteiger partial charge in [0.05, 0.1) is 23.9 Å². The topological polar surface area (TPSA) is 95.9 Å². The SMILES string of the molecule is Cc1nnc2sc(C(=O)N(C)C(C)CC#N)c(N)c2c1C. The molecule has 2 aromatic rings. The number of amides is 1. The van der Waals surface area contributed by atoms with E-state index >= 15 is 0 Å². The first-order valence-electron chi connectivity index (χ1n) is 6.54. The summed E-state index contributed by atoms with van der Waals surface area (Å²) in [4.78, 5) is 15.2. The number of carbonyl (C=O) groups excluding carboxylic acids is 1. The lowest BCUT2D eigenvalue weighted by Crippen LogP contribution is -2.34. The molecule has 110 valence electrons. The number of fused-ring (bicyclic) bond motifs is 1. The maximum absolute atomic E-state index is 12.5. The van der Waals surface area contributed by atoms with Crippen LogP contribution in [0, 0.1) is 25.2 Å². The minimum Gasteiger partial charge on any atom is -0.397 e. The molecule has 6 nitrogen and oxygen atoms in total. The second-order valence-electron chi connectivity index (χ2n) is 5.06. The van der Waals surface area contributed by atoms with Crippen LogP contribution in [0.2, 0.25) is 0 Å². The Labute approximate surface area is 127 Å². The zero-order valence-electron chi connectivity index (χ0n) is 12.5. The molecule has 0 aliphatic heterocycles. The molecule has 0 spiro atoms. The molecule has 1 atom stereocenters. The zero-order chi connectivity index (χ0) is 15.7. The molecule has 2 rings (SSSR count). The number of nitrogen functional groups attached to an aromatic ring is 1. The number of aryl methyl sites for hydroxylation is 2. The van der Waals surface area contributed by atoms with E-state index in [1.54, 1.807) is 11.9 Å². The second-order valence-corrected chi connectivity index (χ2v) is 6.06. The van der Waals surface area contributed by atoms with Gasteiger partial charge in [-0.2, -0.15) is 10.4 Å². The molecule has 7 heteroatoms. The number of nitrogens with zero attached hydrogens (tertiary/aromatic N) is 4. The number of hydrogen-bond acceptors (Lipinski definition) is 6. The first kappa shape index (κ1) is 15.2. The molecule has 0 saturated carbocycles. The van der Waals surface area contributed by atoms with Crippen LogP contribution in [0.5, 0.6) is 0 Å². The van der Waals surface area contributed by atoms with Gasteiger partial charge in [-0.05, 0) is 26.3 Å². The van der Waals surface area contributed by atoms with Gasteiger partial charge in [-0.25, -0.2) is 0 Å². The van der Waals surface area contributed by atoms with E-state index in [4.69, 9.17) is 11.0 Å². The smallest absolute Gasteiger partial charge is 0.266 e. The number of rotatable bonds is 3. The second kappa shape index (κ2) is 5.66. The van der Waals surface area contributed by atoms with Gasteiger partial charge in [0.1, 0.15) is 9.71 Å². The van der Waals surface area contributed by atoms with Crippen molar-refractivity contribution in [3.8, 4) is 6.07 Å². The van der Waals surface area contributed by atoms with Crippen molar-refractivity contribution in [3.63, 3.8) is 0 Å². The van der Waals surface area contributed by atoms with Crippen molar-refractivity contribution in [1.82, 2.24) is 15.1 Å². The lowest BCUT2D eigenvalue weighted by atomic mass is 10.1. The molecule has 2 N–H and O–H groups in total. The van der Waals surface area contributed by atoms with Gasteiger partial charge in [-0.15, -0.1) is 16.4 Å². The van der Waals surface area contributed by atoms with E-state index in [1.807, 2.05) is 20.8 Å². The van der Waals surface area contributed by atoms with Crippen molar-refractivity contribution in [2.45, 2.75) is 33.2 Å². The summed E-state index contributed by atoms with van der Waals surface area (Å²) in [6, 6.07) is 1.90. The number of aromatic nitrogens is 2. The number of carbonyl (C=O) groups is 1. The Hall–Kier alpha value is -2.20. The summed E-state index contributed by atoms with van der Waals surface area (Å²) < 4.78 is 0. The average Bonchev–Trinajstić information content (AvgIpc) is 2.79. The number of hydrogen-bond donors (Lipinski definition) is 1. The Kier molecular flexibility index (Phi) is 4.09. The number of anilines is 1. The molecule has 1 amide bonds. The molecule has 0 aromatic carbocycles. The Morgan fingerprint density at radius 1 is 1.48 bits per heavy atom. The van der Waals surface area contributed by atoms with Crippen molar-refractivity contribution in [2.75, 3.05) is 12.8 Å². The molecular formula is C14H17N5OS. The lowest BCUT2D eigenvalue weighted by Gasteiger charge is -2.22. The van der Waals surface area contributed by atoms with Gasteiger partial charge in [0.25, 0.3) is 5.91 Å². The van der Waals surface area contributed by atoms with Gasteiger partial charge >= 0.3 is 0 Å². The quantitative estimate of drug-likeness (QED) is 0.938. The molecule has 0 aliphatic carbocycles. The summed E-state index contributed by atoms with van der Waals surface area (Å²) in [7, 11) is 1.68. The molecule has 0 radical (unpaired) electrons. The van der Waals surface area contributed by atoms with Crippen LogP contribution in [0.4, 0.5) is 5.69 Å². The lowest BCUT2D eigenvalue weighted by molar-refractivity contribution is 0.0752. The van der Waals surface area contributed by atoms with E-state index in [0.29, 0.717) is 15.4 Å². The maximum Gasteiger partial charge on any atom is 0.266 e. The molecule has 2 aromatic heterocycles.